The van der Waals surface area contributed by atoms with Gasteiger partial charge in [-0.2, -0.15) is 0 Å². The van der Waals surface area contributed by atoms with E-state index in [-0.39, 0.29) is 36.0 Å². The zero-order valence-corrected chi connectivity index (χ0v) is 24.6. The first-order chi connectivity index (χ1) is 19.6. The highest BCUT2D eigenvalue weighted by molar-refractivity contribution is 9.10. The average Bonchev–Trinajstić information content (AvgIpc) is 2.93. The minimum Gasteiger partial charge on any atom is -0.495 e. The van der Waals surface area contributed by atoms with Crippen LogP contribution in [0.2, 0.25) is 5.02 Å². The summed E-state index contributed by atoms with van der Waals surface area (Å²) in [6, 6.07) is 14.0. The van der Waals surface area contributed by atoms with Crippen LogP contribution in [0.3, 0.4) is 0 Å². The van der Waals surface area contributed by atoms with Gasteiger partial charge in [0.2, 0.25) is 0 Å². The second-order valence-electron chi connectivity index (χ2n) is 8.69. The normalized spacial score (nSPS) is 14.1. The van der Waals surface area contributed by atoms with E-state index >= 15 is 0 Å². The molecule has 1 fully saturated rings. The fourth-order valence-corrected chi connectivity index (χ4v) is 4.75. The number of hydrogen-bond acceptors (Lipinski definition) is 7. The van der Waals surface area contributed by atoms with E-state index in [1.54, 1.807) is 62.4 Å². The van der Waals surface area contributed by atoms with Crippen LogP contribution in [-0.2, 0) is 14.4 Å². The quantitative estimate of drug-likeness (QED) is 0.233. The molecule has 3 aromatic carbocycles. The number of urea groups is 1. The number of rotatable bonds is 9. The maximum atomic E-state index is 13.4. The van der Waals surface area contributed by atoms with Crippen molar-refractivity contribution in [3.63, 3.8) is 0 Å². The average molecular weight is 643 g/mol. The van der Waals surface area contributed by atoms with Crippen molar-refractivity contribution in [1.29, 1.82) is 0 Å². The lowest BCUT2D eigenvalue weighted by molar-refractivity contribution is -0.122. The van der Waals surface area contributed by atoms with Crippen LogP contribution in [0.25, 0.3) is 6.08 Å². The molecule has 10 nitrogen and oxygen atoms in total. The topological polar surface area (TPSA) is 123 Å². The molecule has 1 heterocycles. The standard InChI is InChI=1S/C29H25BrClN3O7/c1-4-40-24-13-17(12-20(30)26(24)41-15-25(35)32-21-7-5-6-8-23(21)39-3)11-19-27(36)33-29(38)34(28(19)37)22-14-18(31)10-9-16(22)2/h5-14H,4,15H2,1-3H3,(H,32,35)(H,33,36,38)/b19-11+. The van der Waals surface area contributed by atoms with Gasteiger partial charge in [0.15, 0.2) is 18.1 Å². The predicted octanol–water partition coefficient (Wildman–Crippen LogP) is 5.50. The number of nitrogens with zero attached hydrogens (tertiary/aromatic N) is 1. The number of nitrogens with one attached hydrogen (secondary N) is 2. The Morgan fingerprint density at radius 2 is 1.83 bits per heavy atom. The predicted molar refractivity (Wildman–Crippen MR) is 158 cm³/mol. The highest BCUT2D eigenvalue weighted by Gasteiger charge is 2.37. The Labute approximate surface area is 249 Å². The Morgan fingerprint density at radius 3 is 2.56 bits per heavy atom. The van der Waals surface area contributed by atoms with Crippen LogP contribution < -0.4 is 29.7 Å². The van der Waals surface area contributed by atoms with Gasteiger partial charge in [0, 0.05) is 5.02 Å². The summed E-state index contributed by atoms with van der Waals surface area (Å²) in [6.45, 7) is 3.42. The molecule has 2 N–H and O–H groups in total. The molecule has 1 saturated heterocycles. The first-order valence-corrected chi connectivity index (χ1v) is 13.5. The van der Waals surface area contributed by atoms with E-state index in [4.69, 9.17) is 25.8 Å². The molecule has 5 amide bonds. The summed E-state index contributed by atoms with van der Waals surface area (Å²) < 4.78 is 17.2. The molecular weight excluding hydrogens is 618 g/mol. The van der Waals surface area contributed by atoms with Gasteiger partial charge < -0.3 is 19.5 Å². The van der Waals surface area contributed by atoms with Gasteiger partial charge >= 0.3 is 6.03 Å². The molecule has 4 rings (SSSR count). The van der Waals surface area contributed by atoms with E-state index in [1.165, 1.54) is 19.3 Å². The Bertz CT molecular complexity index is 1570. The summed E-state index contributed by atoms with van der Waals surface area (Å²) in [7, 11) is 1.50. The second-order valence-corrected chi connectivity index (χ2v) is 9.98. The lowest BCUT2D eigenvalue weighted by atomic mass is 10.1. The Hall–Kier alpha value is -4.35. The van der Waals surface area contributed by atoms with Crippen LogP contribution in [0.15, 0.2) is 64.6 Å². The molecule has 0 spiro atoms. The van der Waals surface area contributed by atoms with Gasteiger partial charge in [0.1, 0.15) is 11.3 Å². The number of aryl methyl sites for hydroxylation is 1. The monoisotopic (exact) mass is 641 g/mol. The van der Waals surface area contributed by atoms with E-state index < -0.39 is 23.8 Å². The van der Waals surface area contributed by atoms with Crippen molar-refractivity contribution in [3.8, 4) is 17.2 Å². The zero-order valence-electron chi connectivity index (χ0n) is 22.2. The van der Waals surface area contributed by atoms with Gasteiger partial charge in [-0.25, -0.2) is 9.69 Å². The SMILES string of the molecule is CCOc1cc(/C=C2\C(=O)NC(=O)N(c3cc(Cl)ccc3C)C2=O)cc(Br)c1OCC(=O)Nc1ccccc1OC. The lowest BCUT2D eigenvalue weighted by Gasteiger charge is -2.27. The number of carbonyl (C=O) groups excluding carboxylic acids is 4. The van der Waals surface area contributed by atoms with Gasteiger partial charge in [-0.05, 0) is 83.4 Å². The van der Waals surface area contributed by atoms with E-state index in [2.05, 4.69) is 26.6 Å². The molecule has 41 heavy (non-hydrogen) atoms. The largest absolute Gasteiger partial charge is 0.495 e. The molecule has 12 heteroatoms. The third-order valence-electron chi connectivity index (χ3n) is 5.89. The fourth-order valence-electron chi connectivity index (χ4n) is 4.01. The molecule has 212 valence electrons. The number of hydrogen-bond donors (Lipinski definition) is 2. The lowest BCUT2D eigenvalue weighted by Crippen LogP contribution is -2.54. The third kappa shape index (κ3) is 6.69. The smallest absolute Gasteiger partial charge is 0.335 e. The van der Waals surface area contributed by atoms with E-state index in [0.717, 1.165) is 4.90 Å². The van der Waals surface area contributed by atoms with Gasteiger partial charge in [-0.15, -0.1) is 0 Å². The van der Waals surface area contributed by atoms with Crippen molar-refractivity contribution < 1.29 is 33.4 Å². The zero-order chi connectivity index (χ0) is 29.7. The number of para-hydroxylation sites is 2. The molecule has 3 aromatic rings. The van der Waals surface area contributed by atoms with Crippen molar-refractivity contribution in [2.75, 3.05) is 30.5 Å². The summed E-state index contributed by atoms with van der Waals surface area (Å²) in [5.74, 6) is -1.08. The van der Waals surface area contributed by atoms with E-state index in [0.29, 0.717) is 32.1 Å². The maximum absolute atomic E-state index is 13.4. The molecule has 0 unspecified atom stereocenters. The summed E-state index contributed by atoms with van der Waals surface area (Å²) in [4.78, 5) is 52.1. The van der Waals surface area contributed by atoms with Crippen LogP contribution in [0.1, 0.15) is 18.1 Å². The van der Waals surface area contributed by atoms with Crippen LogP contribution >= 0.6 is 27.5 Å². The number of barbiturate groups is 1. The van der Waals surface area contributed by atoms with Crippen molar-refractivity contribution in [3.05, 3.63) is 80.8 Å². The number of benzene rings is 3. The van der Waals surface area contributed by atoms with Crippen LogP contribution in [0, 0.1) is 6.92 Å². The molecule has 1 aliphatic heterocycles. The first-order valence-electron chi connectivity index (χ1n) is 12.3. The third-order valence-corrected chi connectivity index (χ3v) is 6.71. The van der Waals surface area contributed by atoms with Crippen molar-refractivity contribution in [2.45, 2.75) is 13.8 Å². The van der Waals surface area contributed by atoms with Gasteiger partial charge in [0.05, 0.1) is 29.6 Å². The molecule has 0 atom stereocenters. The molecule has 0 aliphatic carbocycles. The number of methoxy groups -OCH3 is 1. The van der Waals surface area contributed by atoms with Crippen LogP contribution in [0.4, 0.5) is 16.2 Å². The van der Waals surface area contributed by atoms with Crippen molar-refractivity contribution >= 4 is 68.7 Å². The summed E-state index contributed by atoms with van der Waals surface area (Å²) in [6.07, 6.45) is 1.34. The fraction of sp³-hybridized carbons (Fsp3) is 0.172. The summed E-state index contributed by atoms with van der Waals surface area (Å²) in [5.41, 5.74) is 1.49. The first kappa shape index (κ1) is 29.6. The minimum absolute atomic E-state index is 0.245. The molecule has 1 aliphatic rings. The van der Waals surface area contributed by atoms with Crippen LogP contribution in [0.5, 0.6) is 17.2 Å². The minimum atomic E-state index is -0.881. The highest BCUT2D eigenvalue weighted by Crippen LogP contribution is 2.38. The Kier molecular flexibility index (Phi) is 9.31. The summed E-state index contributed by atoms with van der Waals surface area (Å²) in [5, 5.41) is 5.25. The van der Waals surface area contributed by atoms with E-state index in [1.807, 2.05) is 0 Å². The van der Waals surface area contributed by atoms with Gasteiger partial charge in [-0.3, -0.25) is 19.7 Å². The number of halogens is 2. The number of imide groups is 2. The Balaban J connectivity index is 1.60. The molecular formula is C29H25BrClN3O7. The molecule has 0 aromatic heterocycles. The second kappa shape index (κ2) is 12.9. The number of anilines is 2. The number of carbonyl (C=O) groups is 4. The summed E-state index contributed by atoms with van der Waals surface area (Å²) >= 11 is 9.52. The van der Waals surface area contributed by atoms with Crippen LogP contribution in [-0.4, -0.2) is 44.1 Å². The highest BCUT2D eigenvalue weighted by atomic mass is 79.9. The maximum Gasteiger partial charge on any atom is 0.335 e. The van der Waals surface area contributed by atoms with Crippen molar-refractivity contribution in [2.24, 2.45) is 0 Å². The Morgan fingerprint density at radius 1 is 1.07 bits per heavy atom. The molecule has 0 saturated carbocycles. The molecule has 0 bridgehead atoms. The number of amides is 5. The van der Waals surface area contributed by atoms with Gasteiger partial charge in [-0.1, -0.05) is 29.8 Å². The van der Waals surface area contributed by atoms with E-state index in [9.17, 15) is 19.2 Å². The van der Waals surface area contributed by atoms with Gasteiger partial charge in [0.25, 0.3) is 17.7 Å². The number of ether oxygens (including phenoxy) is 3. The molecule has 0 radical (unpaired) electrons. The van der Waals surface area contributed by atoms with Crippen molar-refractivity contribution in [1.82, 2.24) is 5.32 Å².